The number of aliphatic hydroxyl groups is 1. The molecular weight excluding hydrogens is 309 g/mol. The number of hydrogen-bond acceptors (Lipinski definition) is 2. The maximum atomic E-state index is 13.6. The molecule has 0 bridgehead atoms. The van der Waals surface area contributed by atoms with Gasteiger partial charge in [-0.15, -0.1) is 0 Å². The van der Waals surface area contributed by atoms with Crippen molar-refractivity contribution in [2.45, 2.75) is 13.2 Å². The predicted octanol–water partition coefficient (Wildman–Crippen LogP) is 4.34. The van der Waals surface area contributed by atoms with Gasteiger partial charge in [0.15, 0.2) is 17.4 Å². The zero-order valence-corrected chi connectivity index (χ0v) is 11.7. The molecule has 2 aromatic rings. The van der Waals surface area contributed by atoms with Gasteiger partial charge in [-0.1, -0.05) is 29.3 Å². The van der Waals surface area contributed by atoms with Gasteiger partial charge in [-0.3, -0.25) is 0 Å². The molecule has 106 valence electrons. The van der Waals surface area contributed by atoms with Gasteiger partial charge in [0.25, 0.3) is 0 Å². The maximum Gasteiger partial charge on any atom is 0.191 e. The zero-order valence-electron chi connectivity index (χ0n) is 10.2. The van der Waals surface area contributed by atoms with E-state index in [0.717, 1.165) is 12.1 Å². The molecule has 0 aliphatic rings. The Bertz CT molecular complexity index is 610. The lowest BCUT2D eigenvalue weighted by atomic mass is 10.2. The van der Waals surface area contributed by atoms with Gasteiger partial charge in [0.1, 0.15) is 6.61 Å². The van der Waals surface area contributed by atoms with Gasteiger partial charge in [-0.25, -0.2) is 8.78 Å². The van der Waals surface area contributed by atoms with Gasteiger partial charge < -0.3 is 9.84 Å². The third-order valence-corrected chi connectivity index (χ3v) is 3.21. The van der Waals surface area contributed by atoms with Crippen LogP contribution in [-0.4, -0.2) is 5.11 Å². The Kier molecular flexibility index (Phi) is 4.81. The van der Waals surface area contributed by atoms with Crippen molar-refractivity contribution in [2.24, 2.45) is 0 Å². The molecule has 6 heteroatoms. The first-order valence-corrected chi connectivity index (χ1v) is 6.42. The average Bonchev–Trinajstić information content (AvgIpc) is 2.39. The molecule has 0 aliphatic carbocycles. The second-order valence-electron chi connectivity index (χ2n) is 4.07. The van der Waals surface area contributed by atoms with Crippen molar-refractivity contribution in [1.82, 2.24) is 0 Å². The van der Waals surface area contributed by atoms with E-state index < -0.39 is 24.0 Å². The second-order valence-corrected chi connectivity index (χ2v) is 4.91. The molecule has 0 saturated heterocycles. The van der Waals surface area contributed by atoms with Gasteiger partial charge in [-0.05, 0) is 29.8 Å². The van der Waals surface area contributed by atoms with E-state index >= 15 is 0 Å². The second kappa shape index (κ2) is 6.39. The third-order valence-electron chi connectivity index (χ3n) is 2.63. The van der Waals surface area contributed by atoms with Gasteiger partial charge in [-0.2, -0.15) is 0 Å². The van der Waals surface area contributed by atoms with Crippen LogP contribution in [0.5, 0.6) is 5.75 Å². The smallest absolute Gasteiger partial charge is 0.191 e. The van der Waals surface area contributed by atoms with Gasteiger partial charge >= 0.3 is 0 Å². The molecule has 1 N–H and O–H groups in total. The van der Waals surface area contributed by atoms with Crippen molar-refractivity contribution in [3.05, 3.63) is 63.1 Å². The molecule has 2 aromatic carbocycles. The van der Waals surface area contributed by atoms with Crippen molar-refractivity contribution in [1.29, 1.82) is 0 Å². The van der Waals surface area contributed by atoms with Crippen LogP contribution in [0.1, 0.15) is 11.1 Å². The van der Waals surface area contributed by atoms with Crippen molar-refractivity contribution in [3.63, 3.8) is 0 Å². The van der Waals surface area contributed by atoms with Crippen LogP contribution in [0, 0.1) is 11.6 Å². The van der Waals surface area contributed by atoms with E-state index in [2.05, 4.69) is 0 Å². The highest BCUT2D eigenvalue weighted by atomic mass is 35.5. The van der Waals surface area contributed by atoms with E-state index in [4.69, 9.17) is 33.0 Å². The minimum absolute atomic E-state index is 0.0949. The van der Waals surface area contributed by atoms with Crippen LogP contribution in [-0.2, 0) is 13.2 Å². The molecule has 0 spiro atoms. The Labute approximate surface area is 124 Å². The van der Waals surface area contributed by atoms with E-state index in [9.17, 15) is 8.78 Å². The number of halogens is 4. The minimum atomic E-state index is -0.876. The molecule has 0 saturated carbocycles. The van der Waals surface area contributed by atoms with Crippen molar-refractivity contribution in [3.8, 4) is 5.75 Å². The van der Waals surface area contributed by atoms with E-state index in [1.54, 1.807) is 12.1 Å². The predicted molar refractivity (Wildman–Crippen MR) is 73.1 cm³/mol. The highest BCUT2D eigenvalue weighted by molar-refractivity contribution is 6.35. The molecule has 0 heterocycles. The molecule has 20 heavy (non-hydrogen) atoms. The largest absolute Gasteiger partial charge is 0.483 e. The summed E-state index contributed by atoms with van der Waals surface area (Å²) in [5.41, 5.74) is 0.693. The Morgan fingerprint density at radius 3 is 2.25 bits per heavy atom. The molecular formula is C14H10Cl2F2O2. The molecule has 0 amide bonds. The summed E-state index contributed by atoms with van der Waals surface area (Å²) in [7, 11) is 0. The lowest BCUT2D eigenvalue weighted by Gasteiger charge is -2.10. The molecule has 0 radical (unpaired) electrons. The lowest BCUT2D eigenvalue weighted by Crippen LogP contribution is -2.02. The SMILES string of the molecule is OCc1cc(F)c(OCc2ccc(Cl)cc2Cl)c(F)c1. The molecule has 0 aliphatic heterocycles. The van der Waals surface area contributed by atoms with E-state index in [1.165, 1.54) is 6.07 Å². The first-order chi connectivity index (χ1) is 9.51. The number of aliphatic hydroxyl groups excluding tert-OH is 1. The normalized spacial score (nSPS) is 10.7. The van der Waals surface area contributed by atoms with Crippen molar-refractivity contribution in [2.75, 3.05) is 0 Å². The standard InChI is InChI=1S/C14H10Cl2F2O2/c15-10-2-1-9(11(16)5-10)7-20-14-12(17)3-8(6-19)4-13(14)18/h1-5,19H,6-7H2. The third kappa shape index (κ3) is 3.39. The lowest BCUT2D eigenvalue weighted by molar-refractivity contribution is 0.266. The molecule has 0 aromatic heterocycles. The summed E-state index contributed by atoms with van der Waals surface area (Å²) < 4.78 is 32.4. The number of rotatable bonds is 4. The Morgan fingerprint density at radius 2 is 1.70 bits per heavy atom. The Hall–Kier alpha value is -1.36. The van der Waals surface area contributed by atoms with Crippen LogP contribution in [0.25, 0.3) is 0 Å². The van der Waals surface area contributed by atoms with Crippen LogP contribution in [0.2, 0.25) is 10.0 Å². The number of hydrogen-bond donors (Lipinski definition) is 1. The molecule has 2 nitrogen and oxygen atoms in total. The van der Waals surface area contributed by atoms with Crippen LogP contribution in [0.4, 0.5) is 8.78 Å². The first-order valence-electron chi connectivity index (χ1n) is 5.66. The first kappa shape index (κ1) is 15.0. The van der Waals surface area contributed by atoms with Gasteiger partial charge in [0.2, 0.25) is 0 Å². The van der Waals surface area contributed by atoms with Gasteiger partial charge in [0.05, 0.1) is 6.61 Å². The van der Waals surface area contributed by atoms with Crippen LogP contribution >= 0.6 is 23.2 Å². The summed E-state index contributed by atoms with van der Waals surface area (Å²) in [6, 6.07) is 6.77. The van der Waals surface area contributed by atoms with Crippen molar-refractivity contribution < 1.29 is 18.6 Å². The molecule has 2 rings (SSSR count). The average molecular weight is 319 g/mol. The molecule has 0 fully saturated rings. The minimum Gasteiger partial charge on any atom is -0.483 e. The fourth-order valence-corrected chi connectivity index (χ4v) is 2.09. The fraction of sp³-hybridized carbons (Fsp3) is 0.143. The van der Waals surface area contributed by atoms with Crippen molar-refractivity contribution >= 4 is 23.2 Å². The van der Waals surface area contributed by atoms with E-state index in [-0.39, 0.29) is 12.2 Å². The highest BCUT2D eigenvalue weighted by Gasteiger charge is 2.13. The molecule has 0 atom stereocenters. The Morgan fingerprint density at radius 1 is 1.05 bits per heavy atom. The zero-order chi connectivity index (χ0) is 14.7. The highest BCUT2D eigenvalue weighted by Crippen LogP contribution is 2.26. The van der Waals surface area contributed by atoms with E-state index in [0.29, 0.717) is 15.6 Å². The van der Waals surface area contributed by atoms with Crippen LogP contribution < -0.4 is 4.74 Å². The quantitative estimate of drug-likeness (QED) is 0.908. The summed E-state index contributed by atoms with van der Waals surface area (Å²) in [4.78, 5) is 0. The molecule has 0 unspecified atom stereocenters. The number of ether oxygens (including phenoxy) is 1. The maximum absolute atomic E-state index is 13.6. The monoisotopic (exact) mass is 318 g/mol. The summed E-state index contributed by atoms with van der Waals surface area (Å²) in [6.45, 7) is -0.542. The van der Waals surface area contributed by atoms with Crippen LogP contribution in [0.15, 0.2) is 30.3 Å². The Balaban J connectivity index is 2.19. The summed E-state index contributed by atoms with van der Waals surface area (Å²) in [5, 5.41) is 9.66. The summed E-state index contributed by atoms with van der Waals surface area (Å²) in [6.07, 6.45) is 0. The van der Waals surface area contributed by atoms with E-state index in [1.807, 2.05) is 0 Å². The topological polar surface area (TPSA) is 29.5 Å². The van der Waals surface area contributed by atoms with Crippen LogP contribution in [0.3, 0.4) is 0 Å². The number of benzene rings is 2. The summed E-state index contributed by atoms with van der Waals surface area (Å²) in [5.74, 6) is -2.26. The van der Waals surface area contributed by atoms with Gasteiger partial charge in [0, 0.05) is 15.6 Å². The summed E-state index contributed by atoms with van der Waals surface area (Å²) >= 11 is 11.7. The fourth-order valence-electron chi connectivity index (χ4n) is 1.63.